The Morgan fingerprint density at radius 3 is 2.48 bits per heavy atom. The molecular weight excluding hydrogens is 316 g/mol. The van der Waals surface area contributed by atoms with E-state index in [2.05, 4.69) is 4.74 Å². The molecule has 0 saturated heterocycles. The van der Waals surface area contributed by atoms with Gasteiger partial charge in [-0.15, -0.1) is 0 Å². The number of benzene rings is 1. The van der Waals surface area contributed by atoms with Crippen molar-refractivity contribution in [3.8, 4) is 11.5 Å². The zero-order valence-corrected chi connectivity index (χ0v) is 12.6. The first-order chi connectivity index (χ1) is 10.9. The number of methoxy groups -OCH3 is 2. The Balaban J connectivity index is 3.05. The Bertz CT molecular complexity index is 552. The lowest BCUT2D eigenvalue weighted by Gasteiger charge is -2.21. The molecule has 1 rings (SSSR count). The molecule has 0 saturated carbocycles. The van der Waals surface area contributed by atoms with Crippen LogP contribution < -0.4 is 9.47 Å². The van der Waals surface area contributed by atoms with E-state index in [1.165, 1.54) is 26.4 Å². The highest BCUT2D eigenvalue weighted by Gasteiger charge is 2.21. The van der Waals surface area contributed by atoms with Crippen LogP contribution in [0.25, 0.3) is 0 Å². The minimum absolute atomic E-state index is 0.00111. The predicted octanol–water partition coefficient (Wildman–Crippen LogP) is 1.47. The van der Waals surface area contributed by atoms with Crippen molar-refractivity contribution >= 4 is 11.9 Å². The minimum Gasteiger partial charge on any atom is -0.493 e. The zero-order chi connectivity index (χ0) is 17.4. The molecular formula is C14H17F2NO6. The third kappa shape index (κ3) is 5.70. The van der Waals surface area contributed by atoms with Crippen molar-refractivity contribution in [3.63, 3.8) is 0 Å². The van der Waals surface area contributed by atoms with Gasteiger partial charge in [0.2, 0.25) is 0 Å². The number of rotatable bonds is 9. The number of alkyl halides is 2. The van der Waals surface area contributed by atoms with Crippen LogP contribution in [0.4, 0.5) is 8.78 Å². The highest BCUT2D eigenvalue weighted by atomic mass is 19.3. The number of carboxylic acid groups (broad SMARTS) is 1. The molecule has 1 amide bonds. The molecule has 0 heterocycles. The molecule has 9 heteroatoms. The number of halogens is 2. The number of nitrogens with zero attached hydrogens (tertiary/aromatic N) is 1. The van der Waals surface area contributed by atoms with Crippen LogP contribution in [-0.4, -0.2) is 62.4 Å². The average Bonchev–Trinajstić information content (AvgIpc) is 2.49. The lowest BCUT2D eigenvalue weighted by atomic mass is 10.1. The van der Waals surface area contributed by atoms with Crippen LogP contribution in [0.1, 0.15) is 10.4 Å². The number of ether oxygens (including phenoxy) is 3. The van der Waals surface area contributed by atoms with Crippen LogP contribution >= 0.6 is 0 Å². The lowest BCUT2D eigenvalue weighted by Crippen LogP contribution is -2.38. The number of amides is 1. The molecule has 0 spiro atoms. The standard InChI is InChI=1S/C14H17F2NO6/c1-21-6-5-17(8-12(18)19)13(20)9-3-4-10(22-2)11(7-9)23-14(15)16/h3-4,7,14H,5-6,8H2,1-2H3,(H,18,19). The number of carbonyl (C=O) groups is 2. The molecule has 0 bridgehead atoms. The van der Waals surface area contributed by atoms with Crippen molar-refractivity contribution in [2.45, 2.75) is 6.61 Å². The zero-order valence-electron chi connectivity index (χ0n) is 12.6. The van der Waals surface area contributed by atoms with Crippen molar-refractivity contribution in [1.29, 1.82) is 0 Å². The summed E-state index contributed by atoms with van der Waals surface area (Å²) in [7, 11) is 2.68. The van der Waals surface area contributed by atoms with Gasteiger partial charge in [0.1, 0.15) is 6.54 Å². The maximum absolute atomic E-state index is 12.4. The fraction of sp³-hybridized carbons (Fsp3) is 0.429. The fourth-order valence-corrected chi connectivity index (χ4v) is 1.80. The van der Waals surface area contributed by atoms with E-state index >= 15 is 0 Å². The first-order valence-electron chi connectivity index (χ1n) is 6.52. The molecule has 0 aromatic heterocycles. The van der Waals surface area contributed by atoms with E-state index in [0.717, 1.165) is 11.0 Å². The Morgan fingerprint density at radius 2 is 1.96 bits per heavy atom. The van der Waals surface area contributed by atoms with E-state index in [1.54, 1.807) is 0 Å². The molecule has 0 aliphatic heterocycles. The highest BCUT2D eigenvalue weighted by Crippen LogP contribution is 2.29. The smallest absolute Gasteiger partial charge is 0.387 e. The topological polar surface area (TPSA) is 85.3 Å². The van der Waals surface area contributed by atoms with Gasteiger partial charge in [-0.3, -0.25) is 9.59 Å². The maximum Gasteiger partial charge on any atom is 0.387 e. The van der Waals surface area contributed by atoms with Gasteiger partial charge in [-0.05, 0) is 18.2 Å². The average molecular weight is 333 g/mol. The quantitative estimate of drug-likeness (QED) is 0.737. The van der Waals surface area contributed by atoms with E-state index in [0.29, 0.717) is 0 Å². The summed E-state index contributed by atoms with van der Waals surface area (Å²) in [5.41, 5.74) is -0.00111. The third-order valence-corrected chi connectivity index (χ3v) is 2.81. The summed E-state index contributed by atoms with van der Waals surface area (Å²) >= 11 is 0. The van der Waals surface area contributed by atoms with Gasteiger partial charge in [-0.25, -0.2) is 0 Å². The van der Waals surface area contributed by atoms with Gasteiger partial charge in [0, 0.05) is 19.2 Å². The monoisotopic (exact) mass is 333 g/mol. The van der Waals surface area contributed by atoms with Crippen molar-refractivity contribution in [1.82, 2.24) is 4.90 Å². The fourth-order valence-electron chi connectivity index (χ4n) is 1.80. The molecule has 23 heavy (non-hydrogen) atoms. The van der Waals surface area contributed by atoms with Crippen LogP contribution in [0.2, 0.25) is 0 Å². The molecule has 0 aliphatic carbocycles. The molecule has 1 N–H and O–H groups in total. The summed E-state index contributed by atoms with van der Waals surface area (Å²) in [6.45, 7) is -3.45. The summed E-state index contributed by atoms with van der Waals surface area (Å²) in [6.07, 6.45) is 0. The van der Waals surface area contributed by atoms with Crippen LogP contribution in [0.3, 0.4) is 0 Å². The molecule has 0 radical (unpaired) electrons. The summed E-state index contributed by atoms with van der Waals surface area (Å²) in [6, 6.07) is 3.70. The number of hydrogen-bond donors (Lipinski definition) is 1. The Labute approximate surface area is 131 Å². The van der Waals surface area contributed by atoms with Crippen molar-refractivity contribution < 1.29 is 37.7 Å². The van der Waals surface area contributed by atoms with Crippen molar-refractivity contribution in [2.24, 2.45) is 0 Å². The maximum atomic E-state index is 12.4. The Kier molecular flexibility index (Phi) is 7.20. The molecule has 0 unspecified atom stereocenters. The van der Waals surface area contributed by atoms with E-state index in [4.69, 9.17) is 14.6 Å². The van der Waals surface area contributed by atoms with Gasteiger partial charge < -0.3 is 24.2 Å². The Morgan fingerprint density at radius 1 is 1.26 bits per heavy atom. The summed E-state index contributed by atoms with van der Waals surface area (Å²) in [5.74, 6) is -2.13. The van der Waals surface area contributed by atoms with Gasteiger partial charge in [-0.2, -0.15) is 8.78 Å². The van der Waals surface area contributed by atoms with Gasteiger partial charge >= 0.3 is 12.6 Å². The number of carboxylic acids is 1. The van der Waals surface area contributed by atoms with Gasteiger partial charge in [0.05, 0.1) is 13.7 Å². The second-order valence-corrected chi connectivity index (χ2v) is 4.36. The van der Waals surface area contributed by atoms with E-state index in [1.807, 2.05) is 0 Å². The third-order valence-electron chi connectivity index (χ3n) is 2.81. The lowest BCUT2D eigenvalue weighted by molar-refractivity contribution is -0.137. The van der Waals surface area contributed by atoms with E-state index in [-0.39, 0.29) is 30.2 Å². The predicted molar refractivity (Wildman–Crippen MR) is 75.0 cm³/mol. The highest BCUT2D eigenvalue weighted by molar-refractivity contribution is 5.96. The molecule has 1 aromatic carbocycles. The summed E-state index contributed by atoms with van der Waals surface area (Å²) in [4.78, 5) is 24.2. The van der Waals surface area contributed by atoms with E-state index < -0.39 is 25.0 Å². The minimum atomic E-state index is -3.09. The van der Waals surface area contributed by atoms with Crippen molar-refractivity contribution in [3.05, 3.63) is 23.8 Å². The molecule has 128 valence electrons. The normalized spacial score (nSPS) is 10.5. The van der Waals surface area contributed by atoms with E-state index in [9.17, 15) is 18.4 Å². The summed E-state index contributed by atoms with van der Waals surface area (Å²) in [5, 5.41) is 8.86. The SMILES string of the molecule is COCCN(CC(=O)O)C(=O)c1ccc(OC)c(OC(F)F)c1. The Hall–Kier alpha value is -2.42. The van der Waals surface area contributed by atoms with Gasteiger partial charge in [-0.1, -0.05) is 0 Å². The summed E-state index contributed by atoms with van der Waals surface area (Å²) < 4.78 is 38.8. The largest absolute Gasteiger partial charge is 0.493 e. The van der Waals surface area contributed by atoms with Gasteiger partial charge in [0.25, 0.3) is 5.91 Å². The molecule has 7 nitrogen and oxygen atoms in total. The second kappa shape index (κ2) is 8.89. The second-order valence-electron chi connectivity index (χ2n) is 4.36. The van der Waals surface area contributed by atoms with Gasteiger partial charge in [0.15, 0.2) is 11.5 Å². The van der Waals surface area contributed by atoms with Crippen LogP contribution in [-0.2, 0) is 9.53 Å². The molecule has 0 fully saturated rings. The van der Waals surface area contributed by atoms with Crippen LogP contribution in [0.5, 0.6) is 11.5 Å². The number of aliphatic carboxylic acids is 1. The number of hydrogen-bond acceptors (Lipinski definition) is 5. The number of carbonyl (C=O) groups excluding carboxylic acids is 1. The molecule has 0 atom stereocenters. The van der Waals surface area contributed by atoms with Crippen molar-refractivity contribution in [2.75, 3.05) is 33.9 Å². The molecule has 1 aromatic rings. The van der Waals surface area contributed by atoms with Crippen LogP contribution in [0.15, 0.2) is 18.2 Å². The first kappa shape index (κ1) is 18.6. The molecule has 0 aliphatic rings. The first-order valence-corrected chi connectivity index (χ1v) is 6.52. The van der Waals surface area contributed by atoms with Crippen LogP contribution in [0, 0.1) is 0 Å².